The number of hydrogen-bond donors (Lipinski definition) is 2. The summed E-state index contributed by atoms with van der Waals surface area (Å²) in [6.45, 7) is 3.68. The van der Waals surface area contributed by atoms with Crippen LogP contribution < -0.4 is 10.0 Å². The van der Waals surface area contributed by atoms with E-state index in [0.717, 1.165) is 18.4 Å². The topological polar surface area (TPSA) is 78.5 Å². The van der Waals surface area contributed by atoms with Crippen LogP contribution in [-0.2, 0) is 21.4 Å². The number of benzene rings is 1. The van der Waals surface area contributed by atoms with Crippen molar-refractivity contribution in [2.45, 2.75) is 26.2 Å². The Bertz CT molecular complexity index is 604. The molecule has 7 heteroatoms. The van der Waals surface area contributed by atoms with Gasteiger partial charge >= 0.3 is 0 Å². The lowest BCUT2D eigenvalue weighted by Crippen LogP contribution is -2.47. The molecule has 128 valence electrons. The van der Waals surface area contributed by atoms with Crippen LogP contribution in [0.15, 0.2) is 30.3 Å². The first-order valence-electron chi connectivity index (χ1n) is 8.03. The summed E-state index contributed by atoms with van der Waals surface area (Å²) in [4.78, 5) is 11.8. The summed E-state index contributed by atoms with van der Waals surface area (Å²) < 4.78 is 28.4. The molecule has 1 aromatic carbocycles. The molecule has 0 spiro atoms. The lowest BCUT2D eigenvalue weighted by molar-refractivity contribution is -0.120. The van der Waals surface area contributed by atoms with Crippen molar-refractivity contribution < 1.29 is 13.2 Å². The van der Waals surface area contributed by atoms with Gasteiger partial charge in [0.15, 0.2) is 0 Å². The van der Waals surface area contributed by atoms with Crippen molar-refractivity contribution in [1.29, 1.82) is 0 Å². The molecule has 1 unspecified atom stereocenters. The van der Waals surface area contributed by atoms with Gasteiger partial charge in [0.25, 0.3) is 10.2 Å². The Morgan fingerprint density at radius 2 is 2.00 bits per heavy atom. The van der Waals surface area contributed by atoms with Crippen molar-refractivity contribution in [1.82, 2.24) is 14.3 Å². The Labute approximate surface area is 138 Å². The van der Waals surface area contributed by atoms with Gasteiger partial charge in [-0.2, -0.15) is 12.7 Å². The molecule has 0 aromatic heterocycles. The molecule has 2 rings (SSSR count). The van der Waals surface area contributed by atoms with Crippen molar-refractivity contribution in [2.24, 2.45) is 5.92 Å². The number of nitrogens with zero attached hydrogens (tertiary/aromatic N) is 1. The third-order valence-electron chi connectivity index (χ3n) is 3.90. The Morgan fingerprint density at radius 1 is 1.26 bits per heavy atom. The van der Waals surface area contributed by atoms with Crippen LogP contribution in [-0.4, -0.2) is 44.8 Å². The molecule has 1 saturated heterocycles. The van der Waals surface area contributed by atoms with Gasteiger partial charge in [0.2, 0.25) is 5.91 Å². The summed E-state index contributed by atoms with van der Waals surface area (Å²) in [6.07, 6.45) is 2.27. The molecule has 1 aliphatic rings. The monoisotopic (exact) mass is 339 g/mol. The smallest absolute Gasteiger partial charge is 0.279 e. The highest BCUT2D eigenvalue weighted by Crippen LogP contribution is 2.17. The minimum atomic E-state index is -3.44. The van der Waals surface area contributed by atoms with Gasteiger partial charge in [0.05, 0.1) is 6.42 Å². The second-order valence-electron chi connectivity index (χ2n) is 6.02. The van der Waals surface area contributed by atoms with Crippen LogP contribution >= 0.6 is 0 Å². The summed E-state index contributed by atoms with van der Waals surface area (Å²) in [5, 5.41) is 2.73. The molecule has 23 heavy (non-hydrogen) atoms. The van der Waals surface area contributed by atoms with Crippen molar-refractivity contribution in [3.8, 4) is 0 Å². The summed E-state index contributed by atoms with van der Waals surface area (Å²) in [7, 11) is -3.44. The summed E-state index contributed by atoms with van der Waals surface area (Å²) in [5.74, 6) is 0.285. The first kappa shape index (κ1) is 17.9. The molecule has 0 saturated carbocycles. The van der Waals surface area contributed by atoms with E-state index in [0.29, 0.717) is 25.4 Å². The zero-order chi connectivity index (χ0) is 16.7. The zero-order valence-electron chi connectivity index (χ0n) is 13.5. The fourth-order valence-electron chi connectivity index (χ4n) is 2.68. The predicted molar refractivity (Wildman–Crippen MR) is 90.0 cm³/mol. The van der Waals surface area contributed by atoms with Crippen LogP contribution in [0.5, 0.6) is 0 Å². The van der Waals surface area contributed by atoms with Crippen molar-refractivity contribution in [2.75, 3.05) is 26.2 Å². The minimum absolute atomic E-state index is 0.109. The average Bonchev–Trinajstić information content (AvgIpc) is 2.53. The third-order valence-corrected chi connectivity index (χ3v) is 5.48. The van der Waals surface area contributed by atoms with E-state index in [1.807, 2.05) is 30.3 Å². The number of carbonyl (C=O) groups is 1. The molecule has 1 aliphatic heterocycles. The van der Waals surface area contributed by atoms with Crippen LogP contribution in [0.2, 0.25) is 0 Å². The maximum absolute atomic E-state index is 12.2. The van der Waals surface area contributed by atoms with E-state index in [-0.39, 0.29) is 19.0 Å². The first-order valence-corrected chi connectivity index (χ1v) is 9.47. The summed E-state index contributed by atoms with van der Waals surface area (Å²) >= 11 is 0. The van der Waals surface area contributed by atoms with Gasteiger partial charge < -0.3 is 5.32 Å². The number of nitrogens with one attached hydrogen (secondary N) is 2. The molecule has 2 N–H and O–H groups in total. The molecular formula is C16H25N3O3S. The number of hydrogen-bond acceptors (Lipinski definition) is 3. The van der Waals surface area contributed by atoms with E-state index in [1.54, 1.807) is 0 Å². The second-order valence-corrected chi connectivity index (χ2v) is 7.77. The lowest BCUT2D eigenvalue weighted by Gasteiger charge is -2.29. The Morgan fingerprint density at radius 3 is 2.70 bits per heavy atom. The van der Waals surface area contributed by atoms with Gasteiger partial charge in [-0.3, -0.25) is 4.79 Å². The molecule has 1 heterocycles. The van der Waals surface area contributed by atoms with Crippen LogP contribution in [0.4, 0.5) is 0 Å². The van der Waals surface area contributed by atoms with Gasteiger partial charge in [-0.15, -0.1) is 0 Å². The maximum Gasteiger partial charge on any atom is 0.279 e. The third kappa shape index (κ3) is 5.93. The van der Waals surface area contributed by atoms with Crippen molar-refractivity contribution >= 4 is 16.1 Å². The molecule has 1 amide bonds. The standard InChI is InChI=1S/C16H25N3O3S/c1-14-6-5-11-19(13-14)23(21,22)18-10-9-17-16(20)12-15-7-3-2-4-8-15/h2-4,7-8,14,18H,5-6,9-13H2,1H3,(H,17,20). The van der Waals surface area contributed by atoms with E-state index in [1.165, 1.54) is 4.31 Å². The van der Waals surface area contributed by atoms with E-state index < -0.39 is 10.2 Å². The molecule has 0 radical (unpaired) electrons. The number of amides is 1. The SMILES string of the molecule is CC1CCCN(S(=O)(=O)NCCNC(=O)Cc2ccccc2)C1. The summed E-state index contributed by atoms with van der Waals surface area (Å²) in [6, 6.07) is 9.45. The fourth-order valence-corrected chi connectivity index (χ4v) is 4.04. The maximum atomic E-state index is 12.2. The summed E-state index contributed by atoms with van der Waals surface area (Å²) in [5.41, 5.74) is 0.938. The molecule has 6 nitrogen and oxygen atoms in total. The Hall–Kier alpha value is -1.44. The zero-order valence-corrected chi connectivity index (χ0v) is 14.3. The van der Waals surface area contributed by atoms with Crippen molar-refractivity contribution in [3.63, 3.8) is 0 Å². The van der Waals surface area contributed by atoms with E-state index >= 15 is 0 Å². The van der Waals surface area contributed by atoms with E-state index in [4.69, 9.17) is 0 Å². The largest absolute Gasteiger partial charge is 0.354 e. The Balaban J connectivity index is 1.69. The first-order chi connectivity index (χ1) is 11.0. The van der Waals surface area contributed by atoms with Crippen LogP contribution in [0, 0.1) is 5.92 Å². The Kier molecular flexibility index (Phi) is 6.56. The predicted octanol–water partition coefficient (Wildman–Crippen LogP) is 0.912. The normalized spacial score (nSPS) is 19.4. The molecule has 0 bridgehead atoms. The molecule has 0 aliphatic carbocycles. The highest BCUT2D eigenvalue weighted by molar-refractivity contribution is 7.87. The van der Waals surface area contributed by atoms with E-state index in [2.05, 4.69) is 17.0 Å². The van der Waals surface area contributed by atoms with E-state index in [9.17, 15) is 13.2 Å². The average molecular weight is 339 g/mol. The molecule has 1 atom stereocenters. The van der Waals surface area contributed by atoms with Crippen LogP contribution in [0.1, 0.15) is 25.3 Å². The van der Waals surface area contributed by atoms with Gasteiger partial charge in [-0.05, 0) is 24.3 Å². The molecule has 1 aromatic rings. The lowest BCUT2D eigenvalue weighted by atomic mass is 10.0. The quantitative estimate of drug-likeness (QED) is 0.725. The molecule has 1 fully saturated rings. The van der Waals surface area contributed by atoms with Gasteiger partial charge in [-0.1, -0.05) is 37.3 Å². The van der Waals surface area contributed by atoms with Gasteiger partial charge in [0, 0.05) is 26.2 Å². The number of piperidine rings is 1. The van der Waals surface area contributed by atoms with Crippen LogP contribution in [0.3, 0.4) is 0 Å². The molecular weight excluding hydrogens is 314 g/mol. The highest BCUT2D eigenvalue weighted by atomic mass is 32.2. The van der Waals surface area contributed by atoms with Crippen LogP contribution in [0.25, 0.3) is 0 Å². The second kappa shape index (κ2) is 8.42. The van der Waals surface area contributed by atoms with Gasteiger partial charge in [0.1, 0.15) is 0 Å². The number of carbonyl (C=O) groups excluding carboxylic acids is 1. The highest BCUT2D eigenvalue weighted by Gasteiger charge is 2.26. The number of rotatable bonds is 7. The van der Waals surface area contributed by atoms with Gasteiger partial charge in [-0.25, -0.2) is 4.72 Å². The van der Waals surface area contributed by atoms with Crippen molar-refractivity contribution in [3.05, 3.63) is 35.9 Å². The fraction of sp³-hybridized carbons (Fsp3) is 0.562. The minimum Gasteiger partial charge on any atom is -0.354 e.